The van der Waals surface area contributed by atoms with Gasteiger partial charge in [0.05, 0.1) is 10.0 Å². The van der Waals surface area contributed by atoms with Crippen molar-refractivity contribution in [2.75, 3.05) is 5.32 Å². The molecule has 2 aromatic rings. The molecule has 0 aromatic heterocycles. The zero-order valence-electron chi connectivity index (χ0n) is 10.5. The van der Waals surface area contributed by atoms with Crippen LogP contribution in [0.25, 0.3) is 0 Å². The molecular weight excluding hydrogens is 326 g/mol. The molecule has 0 spiro atoms. The fourth-order valence-corrected chi connectivity index (χ4v) is 1.98. The molecule has 2 aromatic carbocycles. The Morgan fingerprint density at radius 3 is 2.43 bits per heavy atom. The number of rotatable bonds is 4. The summed E-state index contributed by atoms with van der Waals surface area (Å²) in [5.74, 6) is -0.276. The Morgan fingerprint density at radius 1 is 1.00 bits per heavy atom. The standard InChI is InChI=1S/C14H10Cl2F3NO/c15-12-5-4-9(6-13(12)16)8-20-10-2-1-3-11(7-10)21-14(17,18)19/h1-7,20H,8H2. The lowest BCUT2D eigenvalue weighted by atomic mass is 10.2. The third kappa shape index (κ3) is 5.02. The molecule has 0 aliphatic heterocycles. The van der Waals surface area contributed by atoms with E-state index in [1.807, 2.05) is 0 Å². The Labute approximate surface area is 129 Å². The van der Waals surface area contributed by atoms with Gasteiger partial charge in [-0.1, -0.05) is 35.3 Å². The maximum Gasteiger partial charge on any atom is 0.573 e. The van der Waals surface area contributed by atoms with Crippen molar-refractivity contribution in [3.05, 3.63) is 58.1 Å². The minimum atomic E-state index is -4.71. The molecular formula is C14H10Cl2F3NO. The van der Waals surface area contributed by atoms with Gasteiger partial charge in [0.15, 0.2) is 0 Å². The minimum Gasteiger partial charge on any atom is -0.406 e. The highest BCUT2D eigenvalue weighted by atomic mass is 35.5. The van der Waals surface area contributed by atoms with Gasteiger partial charge in [-0.2, -0.15) is 0 Å². The van der Waals surface area contributed by atoms with Crippen LogP contribution in [0.5, 0.6) is 5.75 Å². The summed E-state index contributed by atoms with van der Waals surface area (Å²) in [6.45, 7) is 0.395. The van der Waals surface area contributed by atoms with E-state index in [2.05, 4.69) is 10.1 Å². The molecule has 0 heterocycles. The van der Waals surface area contributed by atoms with Crippen LogP contribution < -0.4 is 10.1 Å². The molecule has 0 fully saturated rings. The number of benzene rings is 2. The van der Waals surface area contributed by atoms with Crippen LogP contribution in [0.4, 0.5) is 18.9 Å². The van der Waals surface area contributed by atoms with E-state index in [4.69, 9.17) is 23.2 Å². The lowest BCUT2D eigenvalue weighted by Gasteiger charge is -2.11. The predicted molar refractivity (Wildman–Crippen MR) is 76.9 cm³/mol. The second-order valence-corrected chi connectivity index (χ2v) is 4.99. The van der Waals surface area contributed by atoms with E-state index < -0.39 is 6.36 Å². The highest BCUT2D eigenvalue weighted by Crippen LogP contribution is 2.26. The van der Waals surface area contributed by atoms with Gasteiger partial charge in [-0.05, 0) is 29.8 Å². The maximum absolute atomic E-state index is 12.1. The number of alkyl halides is 3. The summed E-state index contributed by atoms with van der Waals surface area (Å²) in [4.78, 5) is 0. The van der Waals surface area contributed by atoms with Gasteiger partial charge in [-0.3, -0.25) is 0 Å². The van der Waals surface area contributed by atoms with E-state index in [9.17, 15) is 13.2 Å². The summed E-state index contributed by atoms with van der Waals surface area (Å²) < 4.78 is 40.3. The normalized spacial score (nSPS) is 11.3. The molecule has 112 valence electrons. The van der Waals surface area contributed by atoms with Crippen molar-refractivity contribution in [3.63, 3.8) is 0 Å². The smallest absolute Gasteiger partial charge is 0.406 e. The van der Waals surface area contributed by atoms with Crippen molar-refractivity contribution in [1.29, 1.82) is 0 Å². The van der Waals surface area contributed by atoms with Crippen molar-refractivity contribution < 1.29 is 17.9 Å². The number of ether oxygens (including phenoxy) is 1. The number of hydrogen-bond donors (Lipinski definition) is 1. The second kappa shape index (κ2) is 6.45. The van der Waals surface area contributed by atoms with Gasteiger partial charge in [-0.25, -0.2) is 0 Å². The zero-order chi connectivity index (χ0) is 15.5. The third-order valence-electron chi connectivity index (χ3n) is 2.55. The summed E-state index contributed by atoms with van der Waals surface area (Å²) in [6, 6.07) is 10.7. The molecule has 0 atom stereocenters. The van der Waals surface area contributed by atoms with Crippen LogP contribution in [0.2, 0.25) is 10.0 Å². The molecule has 0 radical (unpaired) electrons. The first-order valence-corrected chi connectivity index (χ1v) is 6.63. The predicted octanol–water partition coefficient (Wildman–Crippen LogP) is 5.50. The SMILES string of the molecule is FC(F)(F)Oc1cccc(NCc2ccc(Cl)c(Cl)c2)c1. The lowest BCUT2D eigenvalue weighted by Crippen LogP contribution is -2.17. The Morgan fingerprint density at radius 2 is 1.76 bits per heavy atom. The number of hydrogen-bond acceptors (Lipinski definition) is 2. The molecule has 2 rings (SSSR count). The summed E-state index contributed by atoms with van der Waals surface area (Å²) >= 11 is 11.7. The summed E-state index contributed by atoms with van der Waals surface area (Å²) in [6.07, 6.45) is -4.71. The average molecular weight is 336 g/mol. The maximum atomic E-state index is 12.1. The van der Waals surface area contributed by atoms with Crippen LogP contribution in [0.15, 0.2) is 42.5 Å². The Hall–Kier alpha value is -1.59. The van der Waals surface area contributed by atoms with Gasteiger partial charge >= 0.3 is 6.36 Å². The van der Waals surface area contributed by atoms with E-state index in [0.717, 1.165) is 5.56 Å². The largest absolute Gasteiger partial charge is 0.573 e. The molecule has 0 unspecified atom stereocenters. The van der Waals surface area contributed by atoms with Crippen molar-refractivity contribution >= 4 is 28.9 Å². The van der Waals surface area contributed by atoms with Crippen molar-refractivity contribution in [2.24, 2.45) is 0 Å². The zero-order valence-corrected chi connectivity index (χ0v) is 12.1. The van der Waals surface area contributed by atoms with E-state index in [-0.39, 0.29) is 5.75 Å². The van der Waals surface area contributed by atoms with Crippen molar-refractivity contribution in [1.82, 2.24) is 0 Å². The highest BCUT2D eigenvalue weighted by molar-refractivity contribution is 6.42. The lowest BCUT2D eigenvalue weighted by molar-refractivity contribution is -0.274. The van der Waals surface area contributed by atoms with Crippen LogP contribution in [0.1, 0.15) is 5.56 Å². The van der Waals surface area contributed by atoms with E-state index >= 15 is 0 Å². The van der Waals surface area contributed by atoms with Crippen LogP contribution in [-0.4, -0.2) is 6.36 Å². The average Bonchev–Trinajstić information content (AvgIpc) is 2.39. The van der Waals surface area contributed by atoms with Gasteiger partial charge in [0.1, 0.15) is 5.75 Å². The molecule has 2 nitrogen and oxygen atoms in total. The van der Waals surface area contributed by atoms with Crippen LogP contribution in [0.3, 0.4) is 0 Å². The fourth-order valence-electron chi connectivity index (χ4n) is 1.66. The van der Waals surface area contributed by atoms with E-state index in [1.165, 1.54) is 18.2 Å². The minimum absolute atomic E-state index is 0.276. The molecule has 7 heteroatoms. The van der Waals surface area contributed by atoms with Gasteiger partial charge in [0, 0.05) is 18.3 Å². The molecule has 0 aliphatic rings. The van der Waals surface area contributed by atoms with Crippen LogP contribution in [-0.2, 0) is 6.54 Å². The van der Waals surface area contributed by atoms with Gasteiger partial charge in [0.2, 0.25) is 0 Å². The van der Waals surface area contributed by atoms with Crippen LogP contribution >= 0.6 is 23.2 Å². The Bertz CT molecular complexity index is 632. The molecule has 0 bridgehead atoms. The molecule has 1 N–H and O–H groups in total. The van der Waals surface area contributed by atoms with E-state index in [0.29, 0.717) is 22.3 Å². The van der Waals surface area contributed by atoms with Crippen molar-refractivity contribution in [3.8, 4) is 5.75 Å². The highest BCUT2D eigenvalue weighted by Gasteiger charge is 2.31. The Kier molecular flexibility index (Phi) is 4.85. The Balaban J connectivity index is 2.03. The van der Waals surface area contributed by atoms with Crippen LogP contribution in [0, 0.1) is 0 Å². The van der Waals surface area contributed by atoms with Crippen molar-refractivity contribution in [2.45, 2.75) is 12.9 Å². The molecule has 0 saturated heterocycles. The first-order chi connectivity index (χ1) is 9.83. The number of anilines is 1. The molecule has 0 saturated carbocycles. The molecule has 0 aliphatic carbocycles. The van der Waals surface area contributed by atoms with Gasteiger partial charge in [0.25, 0.3) is 0 Å². The van der Waals surface area contributed by atoms with E-state index in [1.54, 1.807) is 24.3 Å². The quantitative estimate of drug-likeness (QED) is 0.796. The summed E-state index contributed by atoms with van der Waals surface area (Å²) in [5.41, 5.74) is 1.36. The van der Waals surface area contributed by atoms with Gasteiger partial charge in [-0.15, -0.1) is 13.2 Å². The second-order valence-electron chi connectivity index (χ2n) is 4.18. The number of nitrogens with one attached hydrogen (secondary N) is 1. The first-order valence-electron chi connectivity index (χ1n) is 5.87. The third-order valence-corrected chi connectivity index (χ3v) is 3.29. The molecule has 0 amide bonds. The molecule has 21 heavy (non-hydrogen) atoms. The number of halogens is 5. The first kappa shape index (κ1) is 15.8. The summed E-state index contributed by atoms with van der Waals surface area (Å²) in [7, 11) is 0. The fraction of sp³-hybridized carbons (Fsp3) is 0.143. The summed E-state index contributed by atoms with van der Waals surface area (Å²) in [5, 5.41) is 3.85. The van der Waals surface area contributed by atoms with Gasteiger partial charge < -0.3 is 10.1 Å². The topological polar surface area (TPSA) is 21.3 Å². The monoisotopic (exact) mass is 335 g/mol.